The highest BCUT2D eigenvalue weighted by atomic mass is 32.1. The highest BCUT2D eigenvalue weighted by molar-refractivity contribution is 7.80. The van der Waals surface area contributed by atoms with Crippen LogP contribution in [0.2, 0.25) is 0 Å². The average Bonchev–Trinajstić information content (AvgIpc) is 2.55. The first-order valence-electron chi connectivity index (χ1n) is 6.79. The normalized spacial score (nSPS) is 11.7. The molecule has 0 spiro atoms. The lowest BCUT2D eigenvalue weighted by Gasteiger charge is -2.06. The first-order chi connectivity index (χ1) is 11.1. The van der Waals surface area contributed by atoms with Crippen molar-refractivity contribution in [2.45, 2.75) is 0 Å². The molecule has 0 aliphatic carbocycles. The van der Waals surface area contributed by atoms with Crippen molar-refractivity contribution < 1.29 is 13.5 Å². The second-order valence-corrected chi connectivity index (χ2v) is 5.24. The van der Waals surface area contributed by atoms with Crippen molar-refractivity contribution in [1.82, 2.24) is 0 Å². The van der Waals surface area contributed by atoms with Crippen LogP contribution in [0, 0.1) is 5.82 Å². The van der Waals surface area contributed by atoms with Gasteiger partial charge in [0.15, 0.2) is 11.3 Å². The van der Waals surface area contributed by atoms with Crippen LogP contribution in [0.15, 0.2) is 57.9 Å². The van der Waals surface area contributed by atoms with Gasteiger partial charge in [-0.15, -0.1) is 0 Å². The third kappa shape index (κ3) is 3.07. The molecule has 1 aromatic heterocycles. The first kappa shape index (κ1) is 15.2. The summed E-state index contributed by atoms with van der Waals surface area (Å²) < 4.78 is 24.2. The maximum Gasteiger partial charge on any atom is 0.230 e. The van der Waals surface area contributed by atoms with Gasteiger partial charge in [-0.25, -0.2) is 9.38 Å². The molecule has 0 aliphatic rings. The largest absolute Gasteiger partial charge is 0.493 e. The molecule has 0 radical (unpaired) electrons. The Bertz CT molecular complexity index is 949. The summed E-state index contributed by atoms with van der Waals surface area (Å²) in [5, 5.41) is 0.796. The van der Waals surface area contributed by atoms with E-state index in [1.165, 1.54) is 12.1 Å². The predicted molar refractivity (Wildman–Crippen MR) is 90.3 cm³/mol. The van der Waals surface area contributed by atoms with Crippen LogP contribution < -0.4 is 16.0 Å². The fraction of sp³-hybridized carbons (Fsp3) is 0.0588. The lowest BCUT2D eigenvalue weighted by atomic mass is 10.1. The van der Waals surface area contributed by atoms with Crippen LogP contribution in [-0.2, 0) is 0 Å². The molecular weight excluding hydrogens is 315 g/mol. The van der Waals surface area contributed by atoms with Gasteiger partial charge in [0.2, 0.25) is 5.55 Å². The fourth-order valence-electron chi connectivity index (χ4n) is 2.18. The fourth-order valence-corrected chi connectivity index (χ4v) is 2.32. The molecular formula is C17H13FN2O2S. The van der Waals surface area contributed by atoms with E-state index in [0.717, 1.165) is 5.39 Å². The van der Waals surface area contributed by atoms with Gasteiger partial charge in [-0.05, 0) is 36.4 Å². The molecule has 4 nitrogen and oxygen atoms in total. The Morgan fingerprint density at radius 3 is 2.61 bits per heavy atom. The van der Waals surface area contributed by atoms with E-state index in [4.69, 9.17) is 27.1 Å². The Hall–Kier alpha value is -2.73. The van der Waals surface area contributed by atoms with E-state index in [0.29, 0.717) is 22.6 Å². The smallest absolute Gasteiger partial charge is 0.230 e. The molecule has 0 atom stereocenters. The van der Waals surface area contributed by atoms with E-state index in [9.17, 15) is 4.39 Å². The number of benzene rings is 2. The molecule has 23 heavy (non-hydrogen) atoms. The summed E-state index contributed by atoms with van der Waals surface area (Å²) in [4.78, 5) is 4.54. The van der Waals surface area contributed by atoms with E-state index in [1.807, 2.05) is 12.1 Å². The number of hydrogen-bond donors (Lipinski definition) is 1. The number of ether oxygens (including phenoxy) is 1. The van der Waals surface area contributed by atoms with Crippen molar-refractivity contribution in [2.75, 3.05) is 7.11 Å². The molecule has 3 aromatic rings. The maximum absolute atomic E-state index is 13.0. The van der Waals surface area contributed by atoms with Gasteiger partial charge in [-0.1, -0.05) is 24.4 Å². The average molecular weight is 328 g/mol. The molecule has 3 rings (SSSR count). The van der Waals surface area contributed by atoms with Crippen molar-refractivity contribution in [3.63, 3.8) is 0 Å². The number of para-hydroxylation sites is 1. The number of thiocarbonyl (C=S) groups is 1. The van der Waals surface area contributed by atoms with Gasteiger partial charge >= 0.3 is 0 Å². The lowest BCUT2D eigenvalue weighted by molar-refractivity contribution is 0.405. The minimum absolute atomic E-state index is 0.166. The third-order valence-electron chi connectivity index (χ3n) is 3.28. The number of hydrogen-bond acceptors (Lipinski definition) is 4. The van der Waals surface area contributed by atoms with Crippen LogP contribution in [0.1, 0.15) is 5.56 Å². The molecule has 2 N–H and O–H groups in total. The minimum Gasteiger partial charge on any atom is -0.493 e. The summed E-state index contributed by atoms with van der Waals surface area (Å²) in [5.74, 6) is 0.239. The van der Waals surface area contributed by atoms with E-state index >= 15 is 0 Å². The number of fused-ring (bicyclic) bond motifs is 1. The van der Waals surface area contributed by atoms with E-state index < -0.39 is 0 Å². The van der Waals surface area contributed by atoms with Gasteiger partial charge in [-0.2, -0.15) is 0 Å². The summed E-state index contributed by atoms with van der Waals surface area (Å²) in [6.07, 6.45) is 0. The molecule has 0 amide bonds. The molecule has 0 aliphatic heterocycles. The number of halogens is 1. The standard InChI is InChI=1S/C17H13FN2O2S/c1-21-14-4-2-3-10-9-13(16(19)23)17(22-15(10)14)20-12-7-5-11(18)6-8-12/h2-9H,1H3,(H2,19,23). The van der Waals surface area contributed by atoms with Crippen molar-refractivity contribution >= 4 is 33.9 Å². The minimum atomic E-state index is -0.337. The Morgan fingerprint density at radius 2 is 1.96 bits per heavy atom. The van der Waals surface area contributed by atoms with Crippen molar-refractivity contribution in [3.8, 4) is 5.75 Å². The number of nitrogens with two attached hydrogens (primary N) is 1. The molecule has 6 heteroatoms. The van der Waals surface area contributed by atoms with Crippen LogP contribution in [-0.4, -0.2) is 12.1 Å². The molecule has 0 bridgehead atoms. The quantitative estimate of drug-likeness (QED) is 0.748. The molecule has 116 valence electrons. The summed E-state index contributed by atoms with van der Waals surface area (Å²) in [6, 6.07) is 13.0. The van der Waals surface area contributed by atoms with Crippen molar-refractivity contribution in [1.29, 1.82) is 0 Å². The van der Waals surface area contributed by atoms with Crippen LogP contribution in [0.25, 0.3) is 11.0 Å². The zero-order valence-corrected chi connectivity index (χ0v) is 13.1. The van der Waals surface area contributed by atoms with Gasteiger partial charge < -0.3 is 14.9 Å². The molecule has 1 heterocycles. The summed E-state index contributed by atoms with van der Waals surface area (Å²) in [6.45, 7) is 0. The van der Waals surface area contributed by atoms with Crippen LogP contribution >= 0.6 is 12.2 Å². The number of nitrogens with zero attached hydrogens (tertiary/aromatic N) is 1. The summed E-state index contributed by atoms with van der Waals surface area (Å²) in [7, 11) is 1.56. The van der Waals surface area contributed by atoms with Gasteiger partial charge in [0.1, 0.15) is 10.8 Å². The van der Waals surface area contributed by atoms with Crippen LogP contribution in [0.3, 0.4) is 0 Å². The Labute approximate surface area is 137 Å². The highest BCUT2D eigenvalue weighted by Crippen LogP contribution is 2.24. The predicted octanol–water partition coefficient (Wildman–Crippen LogP) is 3.45. The molecule has 0 unspecified atom stereocenters. The van der Waals surface area contributed by atoms with Crippen molar-refractivity contribution in [2.24, 2.45) is 10.7 Å². The molecule has 0 saturated heterocycles. The van der Waals surface area contributed by atoms with Gasteiger partial charge in [0, 0.05) is 5.39 Å². The molecule has 0 fully saturated rings. The monoisotopic (exact) mass is 328 g/mol. The Balaban J connectivity index is 2.30. The Kier molecular flexibility index (Phi) is 4.08. The third-order valence-corrected chi connectivity index (χ3v) is 3.50. The van der Waals surface area contributed by atoms with Crippen molar-refractivity contribution in [3.05, 3.63) is 65.5 Å². The molecule has 0 saturated carbocycles. The van der Waals surface area contributed by atoms with E-state index in [2.05, 4.69) is 4.99 Å². The summed E-state index contributed by atoms with van der Waals surface area (Å²) >= 11 is 5.08. The number of methoxy groups -OCH3 is 1. The Morgan fingerprint density at radius 1 is 1.22 bits per heavy atom. The highest BCUT2D eigenvalue weighted by Gasteiger charge is 2.10. The van der Waals surface area contributed by atoms with Crippen LogP contribution in [0.5, 0.6) is 5.75 Å². The number of rotatable bonds is 3. The van der Waals surface area contributed by atoms with Crippen LogP contribution in [0.4, 0.5) is 10.1 Å². The summed E-state index contributed by atoms with van der Waals surface area (Å²) in [5.41, 5.74) is 7.60. The molecule has 2 aromatic carbocycles. The second-order valence-electron chi connectivity index (χ2n) is 4.80. The SMILES string of the molecule is COc1cccc2cc(C(N)=S)c(=Nc3ccc(F)cc3)oc12. The zero-order chi connectivity index (χ0) is 16.4. The zero-order valence-electron chi connectivity index (χ0n) is 12.2. The van der Waals surface area contributed by atoms with Gasteiger partial charge in [-0.3, -0.25) is 0 Å². The van der Waals surface area contributed by atoms with E-state index in [-0.39, 0.29) is 16.4 Å². The maximum atomic E-state index is 13.0. The van der Waals surface area contributed by atoms with Gasteiger partial charge in [0.25, 0.3) is 0 Å². The van der Waals surface area contributed by atoms with Gasteiger partial charge in [0.05, 0.1) is 18.4 Å². The van der Waals surface area contributed by atoms with E-state index in [1.54, 1.807) is 31.4 Å². The second kappa shape index (κ2) is 6.18. The lowest BCUT2D eigenvalue weighted by Crippen LogP contribution is -2.20. The topological polar surface area (TPSA) is 60.8 Å². The first-order valence-corrected chi connectivity index (χ1v) is 7.20.